The minimum Gasteiger partial charge on any atom is -0.406 e. The monoisotopic (exact) mass is 414 g/mol. The summed E-state index contributed by atoms with van der Waals surface area (Å²) in [6, 6.07) is 9.87. The molecular weight excluding hydrogens is 402 g/mol. The number of amides is 1. The first kappa shape index (κ1) is 18.8. The maximum Gasteiger partial charge on any atom is 0.432 e. The number of rotatable bonds is 3. The Morgan fingerprint density at radius 3 is 2.72 bits per heavy atom. The van der Waals surface area contributed by atoms with Gasteiger partial charge >= 0.3 is 6.09 Å². The first-order chi connectivity index (χ1) is 13.9. The van der Waals surface area contributed by atoms with Crippen LogP contribution in [0.3, 0.4) is 0 Å². The minimum atomic E-state index is -0.812. The van der Waals surface area contributed by atoms with E-state index in [2.05, 4.69) is 15.4 Å². The zero-order chi connectivity index (χ0) is 20.5. The Morgan fingerprint density at radius 2 is 1.97 bits per heavy atom. The third kappa shape index (κ3) is 3.88. The Hall–Kier alpha value is -3.52. The number of halogens is 3. The average molecular weight is 415 g/mol. The van der Waals surface area contributed by atoms with Crippen molar-refractivity contribution in [3.63, 3.8) is 0 Å². The summed E-state index contributed by atoms with van der Waals surface area (Å²) in [6.07, 6.45) is 1.95. The van der Waals surface area contributed by atoms with E-state index in [1.54, 1.807) is 19.1 Å². The highest BCUT2D eigenvalue weighted by atomic mass is 35.5. The molecule has 0 aliphatic heterocycles. The van der Waals surface area contributed by atoms with Crippen LogP contribution in [0.15, 0.2) is 54.9 Å². The van der Waals surface area contributed by atoms with Crippen LogP contribution >= 0.6 is 11.6 Å². The second-order valence-electron chi connectivity index (χ2n) is 6.16. The van der Waals surface area contributed by atoms with Gasteiger partial charge in [-0.15, -0.1) is 0 Å². The molecule has 29 heavy (non-hydrogen) atoms. The molecule has 0 saturated carbocycles. The van der Waals surface area contributed by atoms with Gasteiger partial charge in [0.2, 0.25) is 0 Å². The van der Waals surface area contributed by atoms with Gasteiger partial charge in [0.25, 0.3) is 0 Å². The summed E-state index contributed by atoms with van der Waals surface area (Å²) in [7, 11) is 0. The van der Waals surface area contributed by atoms with Gasteiger partial charge in [-0.25, -0.2) is 29.0 Å². The van der Waals surface area contributed by atoms with Crippen LogP contribution < -0.4 is 10.2 Å². The van der Waals surface area contributed by atoms with Crippen LogP contribution in [0, 0.1) is 18.6 Å². The van der Waals surface area contributed by atoms with Crippen molar-refractivity contribution in [1.29, 1.82) is 0 Å². The number of nitrogens with one attached hydrogen (secondary N) is 1. The molecule has 2 heterocycles. The lowest BCUT2D eigenvalue weighted by molar-refractivity contribution is 0.211. The van der Waals surface area contributed by atoms with Gasteiger partial charge in [0.05, 0.1) is 22.4 Å². The van der Waals surface area contributed by atoms with Gasteiger partial charge in [-0.1, -0.05) is 23.7 Å². The standard InChI is InChI=1S/C20H13ClF2N4O2/c1-11-18(9-24-19(25-11)12-3-2-4-13(22)7-12)29-20(28)26-27-10-16(21)15-8-14(23)5-6-17(15)27/h2-10H,1H3,(H,26,28). The van der Waals surface area contributed by atoms with Crippen molar-refractivity contribution < 1.29 is 18.3 Å². The number of benzene rings is 2. The molecule has 0 aliphatic rings. The molecule has 0 atom stereocenters. The Balaban J connectivity index is 1.53. The molecule has 0 bridgehead atoms. The van der Waals surface area contributed by atoms with E-state index in [4.69, 9.17) is 16.3 Å². The Bertz CT molecular complexity index is 1240. The van der Waals surface area contributed by atoms with Gasteiger partial charge in [-0.3, -0.25) is 4.68 Å². The van der Waals surface area contributed by atoms with E-state index in [1.807, 2.05) is 0 Å². The molecule has 0 fully saturated rings. The first-order valence-electron chi connectivity index (χ1n) is 8.45. The lowest BCUT2D eigenvalue weighted by Gasteiger charge is -2.10. The topological polar surface area (TPSA) is 69.0 Å². The van der Waals surface area contributed by atoms with E-state index in [0.29, 0.717) is 28.0 Å². The van der Waals surface area contributed by atoms with Crippen LogP contribution in [-0.2, 0) is 0 Å². The van der Waals surface area contributed by atoms with Gasteiger partial charge < -0.3 is 4.74 Å². The average Bonchev–Trinajstić information content (AvgIpc) is 2.98. The van der Waals surface area contributed by atoms with Crippen LogP contribution in [0.4, 0.5) is 13.6 Å². The summed E-state index contributed by atoms with van der Waals surface area (Å²) < 4.78 is 33.4. The zero-order valence-electron chi connectivity index (χ0n) is 15.0. The predicted molar refractivity (Wildman–Crippen MR) is 104 cm³/mol. The number of carbonyl (C=O) groups excluding carboxylic acids is 1. The van der Waals surface area contributed by atoms with Gasteiger partial charge in [0.15, 0.2) is 11.6 Å². The molecule has 0 saturated heterocycles. The maximum absolute atomic E-state index is 13.4. The maximum atomic E-state index is 13.4. The molecule has 4 aromatic rings. The molecule has 6 nitrogen and oxygen atoms in total. The fourth-order valence-electron chi connectivity index (χ4n) is 2.80. The number of fused-ring (bicyclic) bond motifs is 1. The third-order valence-electron chi connectivity index (χ3n) is 4.15. The van der Waals surface area contributed by atoms with E-state index in [0.717, 1.165) is 0 Å². The van der Waals surface area contributed by atoms with Gasteiger partial charge in [0, 0.05) is 17.1 Å². The van der Waals surface area contributed by atoms with Crippen molar-refractivity contribution >= 4 is 28.6 Å². The molecule has 2 aromatic carbocycles. The minimum absolute atomic E-state index is 0.135. The van der Waals surface area contributed by atoms with Crippen molar-refractivity contribution in [3.05, 3.63) is 77.2 Å². The van der Waals surface area contributed by atoms with Crippen molar-refractivity contribution in [2.24, 2.45) is 0 Å². The highest BCUT2D eigenvalue weighted by molar-refractivity contribution is 6.35. The summed E-state index contributed by atoms with van der Waals surface area (Å²) in [5.74, 6) is -0.400. The molecular formula is C20H13ClF2N4O2. The number of ether oxygens (including phenoxy) is 1. The Morgan fingerprint density at radius 1 is 1.17 bits per heavy atom. The summed E-state index contributed by atoms with van der Waals surface area (Å²) >= 11 is 6.08. The quantitative estimate of drug-likeness (QED) is 0.507. The number of hydrogen-bond donors (Lipinski definition) is 1. The van der Waals surface area contributed by atoms with E-state index in [1.165, 1.54) is 47.4 Å². The molecule has 0 radical (unpaired) electrons. The van der Waals surface area contributed by atoms with E-state index in [9.17, 15) is 13.6 Å². The summed E-state index contributed by atoms with van der Waals surface area (Å²) in [4.78, 5) is 20.7. The van der Waals surface area contributed by atoms with Gasteiger partial charge in [-0.2, -0.15) is 0 Å². The van der Waals surface area contributed by atoms with Crippen LogP contribution in [0.25, 0.3) is 22.3 Å². The molecule has 0 spiro atoms. The van der Waals surface area contributed by atoms with E-state index in [-0.39, 0.29) is 10.8 Å². The number of hydrogen-bond acceptors (Lipinski definition) is 4. The second-order valence-corrected chi connectivity index (χ2v) is 6.57. The van der Waals surface area contributed by atoms with E-state index < -0.39 is 17.7 Å². The fourth-order valence-corrected chi connectivity index (χ4v) is 3.05. The number of aromatic nitrogens is 3. The van der Waals surface area contributed by atoms with Gasteiger partial charge in [-0.05, 0) is 37.3 Å². The number of carbonyl (C=O) groups is 1. The molecule has 0 unspecified atom stereocenters. The summed E-state index contributed by atoms with van der Waals surface area (Å²) in [5.41, 5.74) is 3.90. The van der Waals surface area contributed by atoms with Crippen molar-refractivity contribution in [2.45, 2.75) is 6.92 Å². The van der Waals surface area contributed by atoms with Crippen molar-refractivity contribution in [3.8, 4) is 17.1 Å². The summed E-state index contributed by atoms with van der Waals surface area (Å²) in [6.45, 7) is 1.64. The fraction of sp³-hybridized carbons (Fsp3) is 0.0500. The zero-order valence-corrected chi connectivity index (χ0v) is 15.7. The third-order valence-corrected chi connectivity index (χ3v) is 4.45. The van der Waals surface area contributed by atoms with Crippen molar-refractivity contribution in [2.75, 3.05) is 5.43 Å². The SMILES string of the molecule is Cc1nc(-c2cccc(F)c2)ncc1OC(=O)Nn1cc(Cl)c2cc(F)ccc21. The Kier molecular flexibility index (Phi) is 4.85. The van der Waals surface area contributed by atoms with E-state index >= 15 is 0 Å². The largest absolute Gasteiger partial charge is 0.432 e. The first-order valence-corrected chi connectivity index (χ1v) is 8.83. The smallest absolute Gasteiger partial charge is 0.406 e. The molecule has 146 valence electrons. The normalized spacial score (nSPS) is 10.9. The van der Waals surface area contributed by atoms with Crippen LogP contribution in [0.5, 0.6) is 5.75 Å². The lowest BCUT2D eigenvalue weighted by Crippen LogP contribution is -2.25. The second kappa shape index (κ2) is 7.48. The highest BCUT2D eigenvalue weighted by Gasteiger charge is 2.14. The predicted octanol–water partition coefficient (Wildman–Crippen LogP) is 5.08. The molecule has 0 aliphatic carbocycles. The van der Waals surface area contributed by atoms with Crippen molar-refractivity contribution in [1.82, 2.24) is 14.6 Å². The van der Waals surface area contributed by atoms with Crippen LogP contribution in [0.2, 0.25) is 5.02 Å². The Labute approximate surface area is 168 Å². The molecule has 9 heteroatoms. The summed E-state index contributed by atoms with van der Waals surface area (Å²) in [5, 5.41) is 0.727. The van der Waals surface area contributed by atoms with Crippen LogP contribution in [0.1, 0.15) is 5.69 Å². The molecule has 1 N–H and O–H groups in total. The molecule has 1 amide bonds. The highest BCUT2D eigenvalue weighted by Crippen LogP contribution is 2.26. The lowest BCUT2D eigenvalue weighted by atomic mass is 10.2. The van der Waals surface area contributed by atoms with Gasteiger partial charge in [0.1, 0.15) is 11.6 Å². The molecule has 4 rings (SSSR count). The number of aryl methyl sites for hydroxylation is 1. The van der Waals surface area contributed by atoms with Crippen LogP contribution in [-0.4, -0.2) is 20.7 Å². The number of nitrogens with zero attached hydrogens (tertiary/aromatic N) is 3. The molecule has 2 aromatic heterocycles.